The third kappa shape index (κ3) is 1.71. The minimum atomic E-state index is 0.571. The van der Waals surface area contributed by atoms with E-state index in [1.807, 2.05) is 6.33 Å². The van der Waals surface area contributed by atoms with Crippen LogP contribution in [0.5, 0.6) is 0 Å². The highest BCUT2D eigenvalue weighted by molar-refractivity contribution is 7.16. The molecule has 2 aliphatic rings. The molecule has 0 saturated heterocycles. The Labute approximate surface area is 116 Å². The van der Waals surface area contributed by atoms with E-state index in [4.69, 9.17) is 5.73 Å². The van der Waals surface area contributed by atoms with E-state index in [1.54, 1.807) is 11.3 Å². The van der Waals surface area contributed by atoms with Crippen LogP contribution in [-0.2, 0) is 12.8 Å². The number of hydrogen-bond acceptors (Lipinski definition) is 4. The largest absolute Gasteiger partial charge is 0.390 e. The molecule has 0 bridgehead atoms. The van der Waals surface area contributed by atoms with Crippen LogP contribution in [0.4, 0.5) is 5.00 Å². The van der Waals surface area contributed by atoms with Gasteiger partial charge in [0.2, 0.25) is 0 Å². The number of nitrogens with zero attached hydrogens (tertiary/aromatic N) is 3. The lowest BCUT2D eigenvalue weighted by Gasteiger charge is -2.14. The fourth-order valence-electron chi connectivity index (χ4n) is 3.54. The number of nitrogen functional groups attached to an aromatic ring is 1. The normalized spacial score (nSPS) is 19.2. The molecule has 2 N–H and O–H groups in total. The first-order valence-electron chi connectivity index (χ1n) is 7.14. The summed E-state index contributed by atoms with van der Waals surface area (Å²) in [5.41, 5.74) is 8.87. The fraction of sp³-hybridized carbons (Fsp3) is 0.571. The van der Waals surface area contributed by atoms with E-state index < -0.39 is 0 Å². The molecule has 5 heteroatoms. The molecular formula is C14H18N4S. The van der Waals surface area contributed by atoms with Crippen LogP contribution >= 0.6 is 11.3 Å². The van der Waals surface area contributed by atoms with Crippen molar-refractivity contribution in [3.8, 4) is 11.4 Å². The summed E-state index contributed by atoms with van der Waals surface area (Å²) in [5, 5.41) is 9.46. The Bertz CT molecular complexity index is 607. The minimum Gasteiger partial charge on any atom is -0.390 e. The molecule has 2 heterocycles. The van der Waals surface area contributed by atoms with Gasteiger partial charge in [-0.05, 0) is 37.7 Å². The summed E-state index contributed by atoms with van der Waals surface area (Å²) >= 11 is 1.75. The molecule has 0 radical (unpaired) electrons. The Morgan fingerprint density at radius 3 is 2.89 bits per heavy atom. The van der Waals surface area contributed by atoms with Crippen molar-refractivity contribution in [2.24, 2.45) is 0 Å². The lowest BCUT2D eigenvalue weighted by molar-refractivity contribution is 0.522. The van der Waals surface area contributed by atoms with Crippen LogP contribution in [0.25, 0.3) is 11.4 Å². The smallest absolute Gasteiger partial charge is 0.167 e. The van der Waals surface area contributed by atoms with Gasteiger partial charge in [0, 0.05) is 10.9 Å². The van der Waals surface area contributed by atoms with Crippen LogP contribution < -0.4 is 5.73 Å². The Kier molecular flexibility index (Phi) is 2.62. The van der Waals surface area contributed by atoms with Gasteiger partial charge in [-0.2, -0.15) is 0 Å². The second-order valence-corrected chi connectivity index (χ2v) is 6.73. The molecule has 0 spiro atoms. The molecule has 100 valence electrons. The second-order valence-electron chi connectivity index (χ2n) is 5.60. The molecule has 2 aliphatic carbocycles. The first kappa shape index (κ1) is 11.5. The van der Waals surface area contributed by atoms with E-state index in [2.05, 4.69) is 14.8 Å². The van der Waals surface area contributed by atoms with Crippen molar-refractivity contribution in [3.05, 3.63) is 16.8 Å². The van der Waals surface area contributed by atoms with Crippen LogP contribution in [-0.4, -0.2) is 14.8 Å². The number of fused-ring (bicyclic) bond motifs is 1. The van der Waals surface area contributed by atoms with Gasteiger partial charge >= 0.3 is 0 Å². The van der Waals surface area contributed by atoms with Crippen molar-refractivity contribution >= 4 is 16.3 Å². The molecule has 4 rings (SSSR count). The zero-order valence-corrected chi connectivity index (χ0v) is 11.7. The van der Waals surface area contributed by atoms with Crippen LogP contribution in [0, 0.1) is 0 Å². The van der Waals surface area contributed by atoms with E-state index in [0.717, 1.165) is 17.2 Å². The maximum Gasteiger partial charge on any atom is 0.167 e. The molecule has 0 aromatic carbocycles. The van der Waals surface area contributed by atoms with Gasteiger partial charge in [0.15, 0.2) is 5.82 Å². The predicted octanol–water partition coefficient (Wildman–Crippen LogP) is 3.19. The van der Waals surface area contributed by atoms with Crippen molar-refractivity contribution < 1.29 is 0 Å². The van der Waals surface area contributed by atoms with E-state index in [9.17, 15) is 0 Å². The maximum absolute atomic E-state index is 6.25. The van der Waals surface area contributed by atoms with Crippen molar-refractivity contribution in [2.45, 2.75) is 51.0 Å². The SMILES string of the molecule is Nc1sc2c(c1-c1nncn1C1CCCC1)CCC2. The standard InChI is InChI=1S/C14H18N4S/c15-13-12(10-6-3-7-11(10)19-13)14-17-16-8-18(14)9-4-1-2-5-9/h8-9H,1-7,15H2. The number of aryl methyl sites for hydroxylation is 1. The Morgan fingerprint density at radius 2 is 2.05 bits per heavy atom. The van der Waals surface area contributed by atoms with Crippen molar-refractivity contribution in [1.29, 1.82) is 0 Å². The number of hydrogen-bond donors (Lipinski definition) is 1. The molecule has 0 unspecified atom stereocenters. The fourth-order valence-corrected chi connectivity index (χ4v) is 4.70. The van der Waals surface area contributed by atoms with E-state index >= 15 is 0 Å². The molecule has 1 saturated carbocycles. The van der Waals surface area contributed by atoms with Gasteiger partial charge < -0.3 is 10.3 Å². The van der Waals surface area contributed by atoms with Gasteiger partial charge in [0.05, 0.1) is 10.6 Å². The summed E-state index contributed by atoms with van der Waals surface area (Å²) in [5.74, 6) is 1.00. The third-order valence-corrected chi connectivity index (χ3v) is 5.58. The molecule has 0 atom stereocenters. The number of aromatic nitrogens is 3. The number of anilines is 1. The van der Waals surface area contributed by atoms with E-state index in [0.29, 0.717) is 6.04 Å². The summed E-state index contributed by atoms with van der Waals surface area (Å²) in [6.07, 6.45) is 10.6. The monoisotopic (exact) mass is 274 g/mol. The van der Waals surface area contributed by atoms with Crippen molar-refractivity contribution in [1.82, 2.24) is 14.8 Å². The zero-order valence-electron chi connectivity index (χ0n) is 10.9. The molecule has 0 aliphatic heterocycles. The van der Waals surface area contributed by atoms with Gasteiger partial charge in [0.1, 0.15) is 6.33 Å². The van der Waals surface area contributed by atoms with Crippen molar-refractivity contribution in [3.63, 3.8) is 0 Å². The van der Waals surface area contributed by atoms with Crippen molar-refractivity contribution in [2.75, 3.05) is 5.73 Å². The Morgan fingerprint density at radius 1 is 1.21 bits per heavy atom. The molecule has 0 amide bonds. The Balaban J connectivity index is 1.83. The summed E-state index contributed by atoms with van der Waals surface area (Å²) in [4.78, 5) is 1.47. The molecule has 1 fully saturated rings. The maximum atomic E-state index is 6.25. The lowest BCUT2D eigenvalue weighted by atomic mass is 10.1. The average Bonchev–Trinajstić information content (AvgIpc) is 3.11. The number of rotatable bonds is 2. The zero-order chi connectivity index (χ0) is 12.8. The van der Waals surface area contributed by atoms with Gasteiger partial charge in [-0.15, -0.1) is 21.5 Å². The highest BCUT2D eigenvalue weighted by Crippen LogP contribution is 2.44. The molecule has 2 aromatic rings. The average molecular weight is 274 g/mol. The summed E-state index contributed by atoms with van der Waals surface area (Å²) in [6, 6.07) is 0.571. The molecule has 4 nitrogen and oxygen atoms in total. The highest BCUT2D eigenvalue weighted by Gasteiger charge is 2.27. The summed E-state index contributed by atoms with van der Waals surface area (Å²) in [6.45, 7) is 0. The van der Waals surface area contributed by atoms with Crippen LogP contribution in [0.15, 0.2) is 6.33 Å². The highest BCUT2D eigenvalue weighted by atomic mass is 32.1. The molecule has 19 heavy (non-hydrogen) atoms. The molecule has 2 aromatic heterocycles. The summed E-state index contributed by atoms with van der Waals surface area (Å²) in [7, 11) is 0. The van der Waals surface area contributed by atoms with Crippen LogP contribution in [0.2, 0.25) is 0 Å². The molecular weight excluding hydrogens is 256 g/mol. The lowest BCUT2D eigenvalue weighted by Crippen LogP contribution is -2.06. The summed E-state index contributed by atoms with van der Waals surface area (Å²) < 4.78 is 2.27. The number of thiophene rings is 1. The number of nitrogens with two attached hydrogens (primary N) is 1. The Hall–Kier alpha value is -1.36. The predicted molar refractivity (Wildman–Crippen MR) is 77.3 cm³/mol. The van der Waals surface area contributed by atoms with Crippen LogP contribution in [0.3, 0.4) is 0 Å². The van der Waals surface area contributed by atoms with Gasteiger partial charge in [-0.3, -0.25) is 0 Å². The second kappa shape index (κ2) is 4.34. The third-order valence-electron chi connectivity index (χ3n) is 4.46. The minimum absolute atomic E-state index is 0.571. The van der Waals surface area contributed by atoms with Gasteiger partial charge in [-0.1, -0.05) is 12.8 Å². The van der Waals surface area contributed by atoms with E-state index in [-0.39, 0.29) is 0 Å². The topological polar surface area (TPSA) is 56.7 Å². The van der Waals surface area contributed by atoms with Gasteiger partial charge in [0.25, 0.3) is 0 Å². The van der Waals surface area contributed by atoms with Gasteiger partial charge in [-0.25, -0.2) is 0 Å². The first-order chi connectivity index (χ1) is 9.34. The first-order valence-corrected chi connectivity index (χ1v) is 7.96. The van der Waals surface area contributed by atoms with E-state index in [1.165, 1.54) is 54.5 Å². The quantitative estimate of drug-likeness (QED) is 0.915. The van der Waals surface area contributed by atoms with Crippen LogP contribution in [0.1, 0.15) is 48.6 Å².